The monoisotopic (exact) mass is 531 g/mol. The Labute approximate surface area is 217 Å². The van der Waals surface area contributed by atoms with Gasteiger partial charge in [-0.1, -0.05) is 35.1 Å². The van der Waals surface area contributed by atoms with E-state index in [0.717, 1.165) is 22.5 Å². The Morgan fingerprint density at radius 3 is 2.32 bits per heavy atom. The third-order valence-electron chi connectivity index (χ3n) is 5.74. The lowest BCUT2D eigenvalue weighted by molar-refractivity contribution is -0.274. The maximum absolute atomic E-state index is 13.2. The number of ether oxygens (including phenoxy) is 2. The van der Waals surface area contributed by atoms with Crippen LogP contribution >= 0.6 is 0 Å². The van der Waals surface area contributed by atoms with Crippen LogP contribution in [-0.2, 0) is 11.2 Å². The molecule has 4 rings (SSSR count). The number of aromatic nitrogens is 3. The van der Waals surface area contributed by atoms with Crippen molar-refractivity contribution in [2.45, 2.75) is 45.2 Å². The van der Waals surface area contributed by atoms with Crippen LogP contribution < -0.4 is 4.74 Å². The largest absolute Gasteiger partial charge is 0.573 e. The molecule has 12 heteroatoms. The number of piperazine rings is 1. The first-order chi connectivity index (χ1) is 17.9. The highest BCUT2D eigenvalue weighted by Gasteiger charge is 2.36. The van der Waals surface area contributed by atoms with Gasteiger partial charge in [-0.05, 0) is 57.0 Å². The van der Waals surface area contributed by atoms with E-state index < -0.39 is 24.1 Å². The van der Waals surface area contributed by atoms with E-state index in [2.05, 4.69) is 14.9 Å². The van der Waals surface area contributed by atoms with Crippen molar-refractivity contribution >= 4 is 12.1 Å². The summed E-state index contributed by atoms with van der Waals surface area (Å²) in [5.74, 6) is -0.364. The van der Waals surface area contributed by atoms with E-state index in [1.54, 1.807) is 30.6 Å². The van der Waals surface area contributed by atoms with Crippen LogP contribution in [0.4, 0.5) is 22.8 Å². The molecule has 3 aromatic rings. The van der Waals surface area contributed by atoms with Crippen molar-refractivity contribution in [3.05, 3.63) is 66.4 Å². The molecule has 1 unspecified atom stereocenters. The topological polar surface area (TPSA) is 89.8 Å². The number of carbonyl (C=O) groups excluding carboxylic acids is 2. The summed E-state index contributed by atoms with van der Waals surface area (Å²) >= 11 is 0. The second-order valence-electron chi connectivity index (χ2n) is 9.84. The number of amides is 2. The van der Waals surface area contributed by atoms with Crippen molar-refractivity contribution in [3.63, 3.8) is 0 Å². The maximum Gasteiger partial charge on any atom is 0.573 e. The number of carbonyl (C=O) groups is 2. The van der Waals surface area contributed by atoms with Gasteiger partial charge >= 0.3 is 18.5 Å². The Morgan fingerprint density at radius 1 is 1.00 bits per heavy atom. The molecule has 0 bridgehead atoms. The van der Waals surface area contributed by atoms with Gasteiger partial charge in [-0.2, -0.15) is 5.10 Å². The summed E-state index contributed by atoms with van der Waals surface area (Å²) in [6, 6.07) is 14.0. The van der Waals surface area contributed by atoms with E-state index in [1.807, 2.05) is 30.3 Å². The lowest BCUT2D eigenvalue weighted by Gasteiger charge is -2.41. The number of hydrogen-bond donors (Lipinski definition) is 0. The zero-order valence-electron chi connectivity index (χ0n) is 21.2. The predicted octanol–water partition coefficient (Wildman–Crippen LogP) is 4.98. The van der Waals surface area contributed by atoms with Crippen molar-refractivity contribution in [2.24, 2.45) is 0 Å². The summed E-state index contributed by atoms with van der Waals surface area (Å²) in [7, 11) is 0. The van der Waals surface area contributed by atoms with Crippen LogP contribution in [0.15, 0.2) is 60.8 Å². The minimum atomic E-state index is -4.79. The van der Waals surface area contributed by atoms with Crippen molar-refractivity contribution in [1.82, 2.24) is 24.8 Å². The van der Waals surface area contributed by atoms with E-state index in [9.17, 15) is 22.8 Å². The third-order valence-corrected chi connectivity index (χ3v) is 5.74. The standard InChI is InChI=1S/C26H28F3N5O4/c1-25(2,3)38-24(36)33-14-13-32(17-20(33)15-18-7-5-4-6-8-18)23(35)34-30-16-22(31-34)19-9-11-21(12-10-19)37-26(27,28)29/h4-12,16,20H,13-15,17H2,1-3H3. The third kappa shape index (κ3) is 7.02. The molecule has 2 amide bonds. The zero-order valence-corrected chi connectivity index (χ0v) is 21.2. The quantitative estimate of drug-likeness (QED) is 0.472. The molecule has 202 valence electrons. The van der Waals surface area contributed by atoms with E-state index in [0.29, 0.717) is 17.7 Å². The average molecular weight is 532 g/mol. The van der Waals surface area contributed by atoms with E-state index in [1.165, 1.54) is 18.3 Å². The fourth-order valence-corrected chi connectivity index (χ4v) is 4.09. The second-order valence-corrected chi connectivity index (χ2v) is 9.84. The molecule has 0 radical (unpaired) electrons. The molecule has 2 heterocycles. The second kappa shape index (κ2) is 10.7. The number of nitrogens with zero attached hydrogens (tertiary/aromatic N) is 5. The van der Waals surface area contributed by atoms with Gasteiger partial charge in [-0.15, -0.1) is 18.3 Å². The molecule has 1 aromatic heterocycles. The van der Waals surface area contributed by atoms with Crippen molar-refractivity contribution in [2.75, 3.05) is 19.6 Å². The van der Waals surface area contributed by atoms with Crippen LogP contribution in [0.25, 0.3) is 11.3 Å². The summed E-state index contributed by atoms with van der Waals surface area (Å²) in [6.07, 6.45) is -3.35. The smallest absolute Gasteiger partial charge is 0.444 e. The van der Waals surface area contributed by atoms with Gasteiger partial charge in [-0.3, -0.25) is 0 Å². The Kier molecular flexibility index (Phi) is 7.61. The van der Waals surface area contributed by atoms with Crippen LogP contribution in [0.2, 0.25) is 0 Å². The number of rotatable bonds is 4. The molecule has 2 aromatic carbocycles. The minimum absolute atomic E-state index is 0.243. The molecule has 0 N–H and O–H groups in total. The minimum Gasteiger partial charge on any atom is -0.444 e. The Hall–Kier alpha value is -4.09. The Morgan fingerprint density at radius 2 is 1.68 bits per heavy atom. The summed E-state index contributed by atoms with van der Waals surface area (Å²) in [5, 5.41) is 8.28. The number of benzene rings is 2. The van der Waals surface area contributed by atoms with Crippen LogP contribution in [0.1, 0.15) is 26.3 Å². The molecule has 0 spiro atoms. The number of halogens is 3. The van der Waals surface area contributed by atoms with E-state index >= 15 is 0 Å². The first kappa shape index (κ1) is 27.0. The molecule has 1 saturated heterocycles. The molecular weight excluding hydrogens is 503 g/mol. The molecule has 0 saturated carbocycles. The van der Waals surface area contributed by atoms with Crippen molar-refractivity contribution < 1.29 is 32.2 Å². The normalized spacial score (nSPS) is 16.3. The first-order valence-corrected chi connectivity index (χ1v) is 12.0. The van der Waals surface area contributed by atoms with Crippen LogP contribution in [0, 0.1) is 0 Å². The van der Waals surface area contributed by atoms with Gasteiger partial charge in [0, 0.05) is 25.2 Å². The predicted molar refractivity (Wildman–Crippen MR) is 131 cm³/mol. The number of alkyl halides is 3. The van der Waals surface area contributed by atoms with Gasteiger partial charge in [0.1, 0.15) is 17.0 Å². The maximum atomic E-state index is 13.2. The van der Waals surface area contributed by atoms with Crippen molar-refractivity contribution in [1.29, 1.82) is 0 Å². The molecule has 1 aliphatic heterocycles. The lowest BCUT2D eigenvalue weighted by Crippen LogP contribution is -2.58. The molecule has 1 aliphatic rings. The fourth-order valence-electron chi connectivity index (χ4n) is 4.09. The summed E-state index contributed by atoms with van der Waals surface area (Å²) in [5.41, 5.74) is 1.13. The van der Waals surface area contributed by atoms with E-state index in [-0.39, 0.29) is 31.4 Å². The summed E-state index contributed by atoms with van der Waals surface area (Å²) in [4.78, 5) is 30.3. The van der Waals surface area contributed by atoms with Crippen LogP contribution in [-0.4, -0.2) is 74.6 Å². The van der Waals surface area contributed by atoms with E-state index in [4.69, 9.17) is 4.74 Å². The Bertz CT molecular complexity index is 1260. The molecular formula is C26H28F3N5O4. The van der Waals surface area contributed by atoms with Gasteiger partial charge in [-0.25, -0.2) is 9.59 Å². The van der Waals surface area contributed by atoms with Gasteiger partial charge in [0.25, 0.3) is 0 Å². The molecule has 1 fully saturated rings. The van der Waals surface area contributed by atoms with Gasteiger partial charge < -0.3 is 19.3 Å². The Balaban J connectivity index is 1.48. The fraction of sp³-hybridized carbons (Fsp3) is 0.385. The van der Waals surface area contributed by atoms with Gasteiger partial charge in [0.15, 0.2) is 0 Å². The highest BCUT2D eigenvalue weighted by Crippen LogP contribution is 2.26. The average Bonchev–Trinajstić information content (AvgIpc) is 3.33. The summed E-state index contributed by atoms with van der Waals surface area (Å²) in [6.45, 7) is 6.17. The SMILES string of the molecule is CC(C)(C)OC(=O)N1CCN(C(=O)n2ncc(-c3ccc(OC(F)(F)F)cc3)n2)CC1Cc1ccccc1. The molecule has 38 heavy (non-hydrogen) atoms. The highest BCUT2D eigenvalue weighted by molar-refractivity contribution is 5.76. The molecule has 1 atom stereocenters. The van der Waals surface area contributed by atoms with Gasteiger partial charge in [0.05, 0.1) is 12.2 Å². The number of hydrogen-bond acceptors (Lipinski definition) is 6. The lowest BCUT2D eigenvalue weighted by atomic mass is 10.0. The first-order valence-electron chi connectivity index (χ1n) is 12.0. The van der Waals surface area contributed by atoms with Gasteiger partial charge in [0.2, 0.25) is 0 Å². The van der Waals surface area contributed by atoms with Crippen LogP contribution in [0.5, 0.6) is 5.75 Å². The zero-order chi connectivity index (χ0) is 27.5. The highest BCUT2D eigenvalue weighted by atomic mass is 19.4. The summed E-state index contributed by atoms with van der Waals surface area (Å²) < 4.78 is 46.7. The van der Waals surface area contributed by atoms with Crippen molar-refractivity contribution in [3.8, 4) is 17.0 Å². The molecule has 9 nitrogen and oxygen atoms in total. The van der Waals surface area contributed by atoms with Crippen LogP contribution in [0.3, 0.4) is 0 Å². The molecule has 0 aliphatic carbocycles.